The summed E-state index contributed by atoms with van der Waals surface area (Å²) in [5, 5.41) is 0.0730. The molecule has 0 atom stereocenters. The number of pyridine rings is 1. The number of ether oxygens (including phenoxy) is 1. The monoisotopic (exact) mass is 458 g/mol. The van der Waals surface area contributed by atoms with Gasteiger partial charge >= 0.3 is 5.97 Å². The smallest absolute Gasteiger partial charge is 0.359 e. The van der Waals surface area contributed by atoms with Crippen LogP contribution in [0, 0.1) is 0 Å². The van der Waals surface area contributed by atoms with Gasteiger partial charge in [0.25, 0.3) is 5.91 Å². The highest BCUT2D eigenvalue weighted by Crippen LogP contribution is 2.34. The molecule has 0 saturated heterocycles. The molecule has 2 heterocycles. The summed E-state index contributed by atoms with van der Waals surface area (Å²) in [6, 6.07) is 7.53. The second-order valence-electron chi connectivity index (χ2n) is 5.47. The number of nitrogen functional groups attached to an aromatic ring is 1. The van der Waals surface area contributed by atoms with Gasteiger partial charge in [0, 0.05) is 6.54 Å². The number of nitrogens with zero attached hydrogens (tertiary/aromatic N) is 3. The molecule has 3 rings (SSSR count). The van der Waals surface area contributed by atoms with Crippen LogP contribution < -0.4 is 10.6 Å². The van der Waals surface area contributed by atoms with Gasteiger partial charge in [-0.25, -0.2) is 14.8 Å². The van der Waals surface area contributed by atoms with Crippen molar-refractivity contribution in [1.29, 1.82) is 0 Å². The topological polar surface area (TPSA) is 98.4 Å². The molecular formula is C17H13Cl3N4O3S. The van der Waals surface area contributed by atoms with Gasteiger partial charge in [0.15, 0.2) is 22.6 Å². The Hall–Kier alpha value is -2.13. The molecule has 0 aliphatic heterocycles. The van der Waals surface area contributed by atoms with Gasteiger partial charge < -0.3 is 10.5 Å². The van der Waals surface area contributed by atoms with E-state index in [2.05, 4.69) is 9.97 Å². The molecular weight excluding hydrogens is 447 g/mol. The van der Waals surface area contributed by atoms with Crippen molar-refractivity contribution in [2.75, 3.05) is 23.8 Å². The molecule has 0 spiro atoms. The third-order valence-corrected chi connectivity index (χ3v) is 5.92. The minimum atomic E-state index is -0.941. The van der Waals surface area contributed by atoms with Crippen LogP contribution in [-0.4, -0.2) is 35.0 Å². The molecule has 0 aliphatic carbocycles. The average molecular weight is 460 g/mol. The minimum absolute atomic E-state index is 0.0627. The predicted molar refractivity (Wildman–Crippen MR) is 112 cm³/mol. The van der Waals surface area contributed by atoms with Gasteiger partial charge in [-0.05, 0) is 19.1 Å². The number of benzene rings is 1. The standard InChI is InChI=1S/C17H13Cl3N4O3S/c1-2-24(17-22-8-5-3-4-6-9(8)28-17)10(25)7-27-16(26)14-11(18)13(21)12(19)15(20)23-14/h3-6H,2,7H2,1H3,(H2,21,23). The van der Waals surface area contributed by atoms with Gasteiger partial charge in [-0.15, -0.1) is 0 Å². The van der Waals surface area contributed by atoms with Crippen LogP contribution in [0.1, 0.15) is 17.4 Å². The van der Waals surface area contributed by atoms with E-state index in [0.29, 0.717) is 11.7 Å². The summed E-state index contributed by atoms with van der Waals surface area (Å²) in [5.41, 5.74) is 6.06. The van der Waals surface area contributed by atoms with E-state index in [-0.39, 0.29) is 26.6 Å². The number of hydrogen-bond donors (Lipinski definition) is 1. The predicted octanol–water partition coefficient (Wildman–Crippen LogP) is 4.44. The second-order valence-corrected chi connectivity index (χ2v) is 7.59. The fourth-order valence-corrected chi connectivity index (χ4v) is 3.97. The number of aromatic nitrogens is 2. The summed E-state index contributed by atoms with van der Waals surface area (Å²) in [6.07, 6.45) is 0. The summed E-state index contributed by atoms with van der Waals surface area (Å²) in [4.78, 5) is 34.5. The number of amides is 1. The Labute approximate surface area is 179 Å². The van der Waals surface area contributed by atoms with Crippen molar-refractivity contribution >= 4 is 79.1 Å². The number of likely N-dealkylation sites (N-methyl/N-ethyl adjacent to an activating group) is 1. The lowest BCUT2D eigenvalue weighted by atomic mass is 10.3. The van der Waals surface area contributed by atoms with Crippen LogP contribution in [0.15, 0.2) is 24.3 Å². The Morgan fingerprint density at radius 3 is 2.57 bits per heavy atom. The first-order valence-corrected chi connectivity index (χ1v) is 9.91. The zero-order chi connectivity index (χ0) is 20.4. The van der Waals surface area contributed by atoms with E-state index >= 15 is 0 Å². The third-order valence-electron chi connectivity index (χ3n) is 3.72. The number of fused-ring (bicyclic) bond motifs is 1. The highest BCUT2D eigenvalue weighted by Gasteiger charge is 2.24. The molecule has 0 radical (unpaired) electrons. The lowest BCUT2D eigenvalue weighted by Gasteiger charge is -2.17. The van der Waals surface area contributed by atoms with Crippen LogP contribution in [0.2, 0.25) is 15.2 Å². The van der Waals surface area contributed by atoms with Gasteiger partial charge in [0.1, 0.15) is 5.02 Å². The minimum Gasteiger partial charge on any atom is -0.451 e. The third kappa shape index (κ3) is 4.00. The Kier molecular flexibility index (Phi) is 6.24. The van der Waals surface area contributed by atoms with Crippen molar-refractivity contribution in [3.8, 4) is 0 Å². The molecule has 1 aromatic carbocycles. The number of esters is 1. The summed E-state index contributed by atoms with van der Waals surface area (Å²) in [6.45, 7) is 1.62. The van der Waals surface area contributed by atoms with Crippen molar-refractivity contribution in [2.24, 2.45) is 0 Å². The van der Waals surface area contributed by atoms with Crippen molar-refractivity contribution in [1.82, 2.24) is 9.97 Å². The molecule has 0 fully saturated rings. The van der Waals surface area contributed by atoms with Gasteiger partial charge in [-0.1, -0.05) is 58.3 Å². The van der Waals surface area contributed by atoms with Crippen LogP contribution in [-0.2, 0) is 9.53 Å². The van der Waals surface area contributed by atoms with E-state index in [0.717, 1.165) is 10.2 Å². The lowest BCUT2D eigenvalue weighted by Crippen LogP contribution is -2.34. The quantitative estimate of drug-likeness (QED) is 0.447. The molecule has 0 bridgehead atoms. The molecule has 11 heteroatoms. The summed E-state index contributed by atoms with van der Waals surface area (Å²) in [5.74, 6) is -1.39. The Balaban J connectivity index is 1.74. The zero-order valence-electron chi connectivity index (χ0n) is 14.4. The number of para-hydroxylation sites is 1. The maximum Gasteiger partial charge on any atom is 0.359 e. The molecule has 7 nitrogen and oxygen atoms in total. The van der Waals surface area contributed by atoms with Gasteiger partial charge in [0.2, 0.25) is 0 Å². The van der Waals surface area contributed by atoms with E-state index < -0.39 is 18.5 Å². The SMILES string of the molecule is CCN(C(=O)COC(=O)c1nc(Cl)c(Cl)c(N)c1Cl)c1nc2ccccc2s1. The van der Waals surface area contributed by atoms with Crippen LogP contribution in [0.5, 0.6) is 0 Å². The van der Waals surface area contributed by atoms with E-state index in [1.54, 1.807) is 6.92 Å². The first-order chi connectivity index (χ1) is 13.3. The molecule has 0 saturated carbocycles. The largest absolute Gasteiger partial charge is 0.451 e. The number of nitrogens with two attached hydrogens (primary N) is 1. The number of carbonyl (C=O) groups excluding carboxylic acids is 2. The Morgan fingerprint density at radius 2 is 1.89 bits per heavy atom. The van der Waals surface area contributed by atoms with E-state index in [4.69, 9.17) is 45.3 Å². The van der Waals surface area contributed by atoms with Crippen LogP contribution in [0.25, 0.3) is 10.2 Å². The summed E-state index contributed by atoms with van der Waals surface area (Å²) < 4.78 is 5.99. The molecule has 2 N–H and O–H groups in total. The maximum atomic E-state index is 12.6. The molecule has 28 heavy (non-hydrogen) atoms. The van der Waals surface area contributed by atoms with Crippen LogP contribution in [0.4, 0.5) is 10.8 Å². The summed E-state index contributed by atoms with van der Waals surface area (Å²) >= 11 is 19.0. The van der Waals surface area contributed by atoms with E-state index in [1.165, 1.54) is 16.2 Å². The van der Waals surface area contributed by atoms with E-state index in [1.807, 2.05) is 24.3 Å². The number of halogens is 3. The first kappa shape index (κ1) is 20.6. The fourth-order valence-electron chi connectivity index (χ4n) is 2.33. The highest BCUT2D eigenvalue weighted by atomic mass is 35.5. The summed E-state index contributed by atoms with van der Waals surface area (Å²) in [7, 11) is 0. The molecule has 2 aromatic heterocycles. The first-order valence-electron chi connectivity index (χ1n) is 7.96. The number of rotatable bonds is 5. The van der Waals surface area contributed by atoms with Crippen molar-refractivity contribution in [2.45, 2.75) is 6.92 Å². The van der Waals surface area contributed by atoms with Gasteiger partial charge in [0.05, 0.1) is 20.9 Å². The highest BCUT2D eigenvalue weighted by molar-refractivity contribution is 7.22. The number of hydrogen-bond acceptors (Lipinski definition) is 7. The number of carbonyl (C=O) groups is 2. The van der Waals surface area contributed by atoms with Crippen molar-refractivity contribution < 1.29 is 14.3 Å². The van der Waals surface area contributed by atoms with Gasteiger partial charge in [-0.3, -0.25) is 9.69 Å². The molecule has 3 aromatic rings. The normalized spacial score (nSPS) is 10.9. The maximum absolute atomic E-state index is 12.6. The van der Waals surface area contributed by atoms with Crippen LogP contribution in [0.3, 0.4) is 0 Å². The molecule has 0 aliphatic rings. The zero-order valence-corrected chi connectivity index (χ0v) is 17.5. The van der Waals surface area contributed by atoms with Crippen LogP contribution >= 0.6 is 46.1 Å². The number of thiazole rings is 1. The Morgan fingerprint density at radius 1 is 1.18 bits per heavy atom. The lowest BCUT2D eigenvalue weighted by molar-refractivity contribution is -0.121. The van der Waals surface area contributed by atoms with Crippen molar-refractivity contribution in [3.63, 3.8) is 0 Å². The molecule has 1 amide bonds. The molecule has 146 valence electrons. The van der Waals surface area contributed by atoms with Gasteiger partial charge in [-0.2, -0.15) is 0 Å². The van der Waals surface area contributed by atoms with E-state index in [9.17, 15) is 9.59 Å². The Bertz CT molecular complexity index is 1040. The fraction of sp³-hybridized carbons (Fsp3) is 0.176. The van der Waals surface area contributed by atoms with Crippen molar-refractivity contribution in [3.05, 3.63) is 45.2 Å². The second kappa shape index (κ2) is 8.48. The number of anilines is 2. The average Bonchev–Trinajstić information content (AvgIpc) is 3.11. The molecule has 0 unspecified atom stereocenters.